The number of halogens is 2. The van der Waals surface area contributed by atoms with Crippen molar-refractivity contribution in [2.24, 2.45) is 0 Å². The van der Waals surface area contributed by atoms with Crippen molar-refractivity contribution in [2.45, 2.75) is 20.0 Å². The van der Waals surface area contributed by atoms with Crippen molar-refractivity contribution in [3.05, 3.63) is 27.7 Å². The van der Waals surface area contributed by atoms with E-state index in [1.54, 1.807) is 13.8 Å². The van der Waals surface area contributed by atoms with Crippen LogP contribution in [0.5, 0.6) is 0 Å². The van der Waals surface area contributed by atoms with E-state index in [0.717, 1.165) is 0 Å². The number of carbonyl (C=O) groups is 2. The van der Waals surface area contributed by atoms with Crippen molar-refractivity contribution < 1.29 is 19.4 Å². The van der Waals surface area contributed by atoms with Crippen LogP contribution in [0.15, 0.2) is 12.1 Å². The van der Waals surface area contributed by atoms with Gasteiger partial charge in [-0.1, -0.05) is 23.2 Å². The number of carboxylic acid groups (broad SMARTS) is 1. The van der Waals surface area contributed by atoms with E-state index in [4.69, 9.17) is 33.0 Å². The van der Waals surface area contributed by atoms with Crippen LogP contribution in [0.25, 0.3) is 0 Å². The second-order valence-electron chi connectivity index (χ2n) is 3.69. The highest BCUT2D eigenvalue weighted by molar-refractivity contribution is 6.37. The zero-order chi connectivity index (χ0) is 13.9. The van der Waals surface area contributed by atoms with E-state index in [9.17, 15) is 9.59 Å². The van der Waals surface area contributed by atoms with Crippen LogP contribution in [0.4, 0.5) is 10.5 Å². The molecule has 1 rings (SSSR count). The molecule has 1 aromatic carbocycles. The summed E-state index contributed by atoms with van der Waals surface area (Å²) in [7, 11) is 0. The van der Waals surface area contributed by atoms with Gasteiger partial charge in [-0.2, -0.15) is 0 Å². The Morgan fingerprint density at radius 2 is 1.94 bits per heavy atom. The highest BCUT2D eigenvalue weighted by atomic mass is 35.5. The van der Waals surface area contributed by atoms with Gasteiger partial charge in [0.1, 0.15) is 0 Å². The van der Waals surface area contributed by atoms with E-state index in [2.05, 4.69) is 5.32 Å². The minimum Gasteiger partial charge on any atom is -0.478 e. The van der Waals surface area contributed by atoms with Crippen molar-refractivity contribution >= 4 is 41.0 Å². The van der Waals surface area contributed by atoms with Crippen LogP contribution in [0, 0.1) is 0 Å². The fourth-order valence-corrected chi connectivity index (χ4v) is 1.76. The van der Waals surface area contributed by atoms with Crippen LogP contribution in [-0.4, -0.2) is 23.3 Å². The second-order valence-corrected chi connectivity index (χ2v) is 4.54. The van der Waals surface area contributed by atoms with Gasteiger partial charge in [-0.05, 0) is 26.0 Å². The van der Waals surface area contributed by atoms with Crippen LogP contribution in [0.2, 0.25) is 10.0 Å². The van der Waals surface area contributed by atoms with E-state index in [1.165, 1.54) is 12.1 Å². The molecule has 2 N–H and O–H groups in total. The van der Waals surface area contributed by atoms with Crippen molar-refractivity contribution in [1.29, 1.82) is 0 Å². The molecule has 0 aliphatic carbocycles. The lowest BCUT2D eigenvalue weighted by molar-refractivity contribution is 0.0698. The highest BCUT2D eigenvalue weighted by Gasteiger charge is 2.18. The molecule has 0 fully saturated rings. The molecule has 18 heavy (non-hydrogen) atoms. The number of nitrogens with one attached hydrogen (secondary N) is 1. The molecule has 0 aliphatic rings. The number of anilines is 1. The summed E-state index contributed by atoms with van der Waals surface area (Å²) in [6, 6.07) is 2.53. The number of carboxylic acids is 1. The molecule has 0 atom stereocenters. The van der Waals surface area contributed by atoms with Crippen LogP contribution in [0.1, 0.15) is 24.2 Å². The van der Waals surface area contributed by atoms with Crippen molar-refractivity contribution in [3.63, 3.8) is 0 Å². The quantitative estimate of drug-likeness (QED) is 0.891. The maximum absolute atomic E-state index is 11.4. The molecule has 0 unspecified atom stereocenters. The number of amides is 1. The van der Waals surface area contributed by atoms with Crippen LogP contribution in [-0.2, 0) is 4.74 Å². The van der Waals surface area contributed by atoms with Gasteiger partial charge >= 0.3 is 12.1 Å². The van der Waals surface area contributed by atoms with Gasteiger partial charge in [0, 0.05) is 5.02 Å². The molecular weight excluding hydrogens is 281 g/mol. The van der Waals surface area contributed by atoms with E-state index in [1.807, 2.05) is 0 Å². The highest BCUT2D eigenvalue weighted by Crippen LogP contribution is 2.30. The Labute approximate surface area is 114 Å². The Morgan fingerprint density at radius 1 is 1.33 bits per heavy atom. The Morgan fingerprint density at radius 3 is 2.44 bits per heavy atom. The fraction of sp³-hybridized carbons (Fsp3) is 0.273. The van der Waals surface area contributed by atoms with Crippen molar-refractivity contribution in [2.75, 3.05) is 5.32 Å². The molecule has 0 bridgehead atoms. The summed E-state index contributed by atoms with van der Waals surface area (Å²) in [5.74, 6) is -1.25. The Hall–Kier alpha value is -1.46. The third kappa shape index (κ3) is 3.78. The number of aromatic carboxylic acids is 1. The van der Waals surface area contributed by atoms with Crippen LogP contribution in [0.3, 0.4) is 0 Å². The van der Waals surface area contributed by atoms with E-state index in [0.29, 0.717) is 0 Å². The average Bonchev–Trinajstić information content (AvgIpc) is 2.20. The predicted molar refractivity (Wildman–Crippen MR) is 68.7 cm³/mol. The normalized spacial score (nSPS) is 10.3. The van der Waals surface area contributed by atoms with Crippen LogP contribution < -0.4 is 5.32 Å². The number of carbonyl (C=O) groups excluding carboxylic acids is 1. The minimum atomic E-state index is -1.25. The zero-order valence-corrected chi connectivity index (χ0v) is 11.2. The lowest BCUT2D eigenvalue weighted by atomic mass is 10.2. The zero-order valence-electron chi connectivity index (χ0n) is 9.66. The van der Waals surface area contributed by atoms with Gasteiger partial charge in [0.2, 0.25) is 0 Å². The standard InChI is InChI=1S/C11H11Cl2NO4/c1-5(2)18-11(17)14-9-7(10(15)16)3-6(12)4-8(9)13/h3-5H,1-2H3,(H,14,17)(H,15,16). The maximum Gasteiger partial charge on any atom is 0.411 e. The van der Waals surface area contributed by atoms with E-state index >= 15 is 0 Å². The number of rotatable bonds is 3. The predicted octanol–water partition coefficient (Wildman–Crippen LogP) is 3.65. The molecule has 0 heterocycles. The van der Waals surface area contributed by atoms with Crippen molar-refractivity contribution in [3.8, 4) is 0 Å². The Balaban J connectivity index is 3.07. The summed E-state index contributed by atoms with van der Waals surface area (Å²) >= 11 is 11.5. The number of benzene rings is 1. The fourth-order valence-electron chi connectivity index (χ4n) is 1.21. The number of hydrogen-bond donors (Lipinski definition) is 2. The van der Waals surface area contributed by atoms with Crippen LogP contribution >= 0.6 is 23.2 Å². The molecule has 0 radical (unpaired) electrons. The first kappa shape index (κ1) is 14.6. The molecule has 0 saturated heterocycles. The summed E-state index contributed by atoms with van der Waals surface area (Å²) < 4.78 is 4.84. The van der Waals surface area contributed by atoms with Gasteiger partial charge in [0.15, 0.2) is 0 Å². The second kappa shape index (κ2) is 5.93. The summed E-state index contributed by atoms with van der Waals surface area (Å²) in [6.07, 6.45) is -1.11. The van der Waals surface area contributed by atoms with Gasteiger partial charge in [-0.25, -0.2) is 9.59 Å². The molecule has 0 spiro atoms. The number of ether oxygens (including phenoxy) is 1. The monoisotopic (exact) mass is 291 g/mol. The van der Waals surface area contributed by atoms with Gasteiger partial charge in [-0.3, -0.25) is 5.32 Å². The first-order valence-electron chi connectivity index (χ1n) is 5.01. The van der Waals surface area contributed by atoms with Crippen molar-refractivity contribution in [1.82, 2.24) is 0 Å². The third-order valence-corrected chi connectivity index (χ3v) is 2.37. The maximum atomic E-state index is 11.4. The van der Waals surface area contributed by atoms with Gasteiger partial charge in [0.25, 0.3) is 0 Å². The first-order chi connectivity index (χ1) is 8.31. The average molecular weight is 292 g/mol. The summed E-state index contributed by atoms with van der Waals surface area (Å²) in [5, 5.41) is 11.5. The van der Waals surface area contributed by atoms with E-state index in [-0.39, 0.29) is 27.4 Å². The number of hydrogen-bond acceptors (Lipinski definition) is 3. The topological polar surface area (TPSA) is 75.6 Å². The summed E-state index contributed by atoms with van der Waals surface area (Å²) in [6.45, 7) is 3.34. The molecule has 0 aliphatic heterocycles. The molecule has 1 aromatic rings. The smallest absolute Gasteiger partial charge is 0.411 e. The third-order valence-electron chi connectivity index (χ3n) is 1.86. The molecule has 5 nitrogen and oxygen atoms in total. The lowest BCUT2D eigenvalue weighted by Gasteiger charge is -2.13. The Kier molecular flexibility index (Phi) is 4.81. The van der Waals surface area contributed by atoms with E-state index < -0.39 is 12.1 Å². The van der Waals surface area contributed by atoms with Gasteiger partial charge < -0.3 is 9.84 Å². The molecular formula is C11H11Cl2NO4. The largest absolute Gasteiger partial charge is 0.478 e. The lowest BCUT2D eigenvalue weighted by Crippen LogP contribution is -2.19. The van der Waals surface area contributed by atoms with Gasteiger partial charge in [-0.15, -0.1) is 0 Å². The molecule has 0 saturated carbocycles. The summed E-state index contributed by atoms with van der Waals surface area (Å²) in [5.41, 5.74) is -0.243. The molecule has 0 aromatic heterocycles. The minimum absolute atomic E-state index is 0.0283. The molecule has 98 valence electrons. The Bertz CT molecular complexity index is 488. The molecule has 1 amide bonds. The first-order valence-corrected chi connectivity index (χ1v) is 5.76. The molecule has 7 heteroatoms. The SMILES string of the molecule is CC(C)OC(=O)Nc1c(Cl)cc(Cl)cc1C(=O)O. The summed E-state index contributed by atoms with van der Waals surface area (Å²) in [4.78, 5) is 22.4. The van der Waals surface area contributed by atoms with Gasteiger partial charge in [0.05, 0.1) is 22.4 Å².